The van der Waals surface area contributed by atoms with Gasteiger partial charge in [-0.25, -0.2) is 9.18 Å². The first-order valence-electron chi connectivity index (χ1n) is 18.5. The van der Waals surface area contributed by atoms with Crippen molar-refractivity contribution < 1.29 is 53.9 Å². The van der Waals surface area contributed by atoms with Gasteiger partial charge in [0.25, 0.3) is 0 Å². The van der Waals surface area contributed by atoms with Crippen molar-refractivity contribution in [2.75, 3.05) is 22.1 Å². The normalized spacial score (nSPS) is 13.2. The fourth-order valence-corrected chi connectivity index (χ4v) is 10.6. The molecule has 0 bridgehead atoms. The van der Waals surface area contributed by atoms with Crippen LogP contribution in [0.5, 0.6) is 0 Å². The molecule has 0 saturated heterocycles. The standard InChI is InChI=1S/C45H27FN4O11S2/c46-22-16-17-30(28(18-22)45(55)56)50-32-20-34(40(48)38-36(32)42(52)25-12-4-6-14-27(25)44(38)54)63(59,60)61-62(57,58)33-19-31(49-29-15-7-9-21-8-1-2-10-23(21)29)35-37(39(33)47)43(53)26-13-5-3-11-24(26)41(35)51/h1-20,49-50H,47-48H2,(H,55,56). The third-order valence-corrected chi connectivity index (χ3v) is 13.8. The molecule has 0 radical (unpaired) electrons. The molecule has 2 aliphatic carbocycles. The number of carboxylic acids is 1. The summed E-state index contributed by atoms with van der Waals surface area (Å²) in [5.41, 5.74) is 7.14. The van der Waals surface area contributed by atoms with E-state index in [0.717, 1.165) is 23.6 Å². The predicted molar refractivity (Wildman–Crippen MR) is 228 cm³/mol. The van der Waals surface area contributed by atoms with Crippen molar-refractivity contribution in [2.24, 2.45) is 0 Å². The second kappa shape index (κ2) is 14.5. The minimum atomic E-state index is -5.73. The molecule has 7 aromatic rings. The Morgan fingerprint density at radius 2 is 0.952 bits per heavy atom. The first kappa shape index (κ1) is 40.4. The van der Waals surface area contributed by atoms with Crippen LogP contribution in [0, 0.1) is 5.82 Å². The SMILES string of the molecule is Nc1c(S(=O)(=O)OS(=O)(=O)c2cc(Nc3cccc4ccccc34)c3c(c2N)C(=O)c2ccccc2C3=O)cc(Nc2ccc(F)cc2C(=O)O)c2c1C(=O)c1ccccc1C2=O. The Morgan fingerprint density at radius 3 is 1.44 bits per heavy atom. The highest BCUT2D eigenvalue weighted by molar-refractivity contribution is 8.00. The number of rotatable bonds is 9. The van der Waals surface area contributed by atoms with Gasteiger partial charge < -0.3 is 27.2 Å². The number of nitrogens with one attached hydrogen (secondary N) is 2. The number of carboxylic acid groups (broad SMARTS) is 1. The van der Waals surface area contributed by atoms with Crippen LogP contribution < -0.4 is 22.1 Å². The summed E-state index contributed by atoms with van der Waals surface area (Å²) >= 11 is 0. The summed E-state index contributed by atoms with van der Waals surface area (Å²) in [6.07, 6.45) is 0. The second-order valence-corrected chi connectivity index (χ2v) is 17.6. The molecule has 7 N–H and O–H groups in total. The minimum absolute atomic E-state index is 0.00358. The average molecular weight is 883 g/mol. The van der Waals surface area contributed by atoms with Crippen LogP contribution in [-0.4, -0.2) is 51.0 Å². The summed E-state index contributed by atoms with van der Waals surface area (Å²) in [7, 11) is -11.4. The van der Waals surface area contributed by atoms with Crippen molar-refractivity contribution in [3.8, 4) is 0 Å². The maximum Gasteiger partial charge on any atom is 0.337 e. The first-order valence-corrected chi connectivity index (χ1v) is 21.4. The molecular formula is C45H27FN4O11S2. The van der Waals surface area contributed by atoms with E-state index in [-0.39, 0.29) is 39.2 Å². The van der Waals surface area contributed by atoms with Crippen molar-refractivity contribution in [1.82, 2.24) is 0 Å². The molecule has 312 valence electrons. The molecule has 0 amide bonds. The van der Waals surface area contributed by atoms with Gasteiger partial charge in [-0.2, -0.15) is 16.8 Å². The van der Waals surface area contributed by atoms with E-state index in [1.54, 1.807) is 42.5 Å². The van der Waals surface area contributed by atoms with Gasteiger partial charge in [-0.1, -0.05) is 84.9 Å². The zero-order valence-electron chi connectivity index (χ0n) is 31.9. The number of anilines is 6. The van der Waals surface area contributed by atoms with Crippen molar-refractivity contribution in [1.29, 1.82) is 0 Å². The predicted octanol–water partition coefficient (Wildman–Crippen LogP) is 6.97. The molecule has 2 aliphatic rings. The first-order chi connectivity index (χ1) is 30.0. The van der Waals surface area contributed by atoms with E-state index >= 15 is 0 Å². The molecule has 0 fully saturated rings. The highest BCUT2D eigenvalue weighted by Gasteiger charge is 2.41. The summed E-state index contributed by atoms with van der Waals surface area (Å²) in [6, 6.07) is 27.5. The van der Waals surface area contributed by atoms with Gasteiger partial charge in [-0.05, 0) is 41.8 Å². The number of carbonyl (C=O) groups is 5. The lowest BCUT2D eigenvalue weighted by Gasteiger charge is -2.25. The van der Waals surface area contributed by atoms with Crippen molar-refractivity contribution >= 4 is 94.2 Å². The topological polar surface area (TPSA) is 259 Å². The molecule has 0 unspecified atom stereocenters. The Bertz CT molecular complexity index is 3510. The Balaban J connectivity index is 1.22. The number of benzene rings is 7. The second-order valence-electron chi connectivity index (χ2n) is 14.3. The summed E-state index contributed by atoms with van der Waals surface area (Å²) in [5.74, 6) is -5.92. The van der Waals surface area contributed by atoms with E-state index in [9.17, 15) is 50.3 Å². The summed E-state index contributed by atoms with van der Waals surface area (Å²) < 4.78 is 76.7. The quantitative estimate of drug-likeness (QED) is 0.0917. The number of ketones is 4. The molecule has 0 heterocycles. The van der Waals surface area contributed by atoms with E-state index in [0.29, 0.717) is 23.2 Å². The van der Waals surface area contributed by atoms with Gasteiger partial charge in [0, 0.05) is 33.3 Å². The summed E-state index contributed by atoms with van der Waals surface area (Å²) in [4.78, 5) is 66.2. The highest BCUT2D eigenvalue weighted by Crippen LogP contribution is 2.44. The fourth-order valence-electron chi connectivity index (χ4n) is 7.82. The largest absolute Gasteiger partial charge is 0.478 e. The molecule has 15 nitrogen and oxygen atoms in total. The molecular weight excluding hydrogens is 856 g/mol. The molecule has 7 aromatic carbocycles. The van der Waals surface area contributed by atoms with Crippen LogP contribution in [0.4, 0.5) is 38.5 Å². The molecule has 0 aliphatic heterocycles. The van der Waals surface area contributed by atoms with Gasteiger partial charge in [-0.15, -0.1) is 3.63 Å². The molecule has 0 aromatic heterocycles. The van der Waals surface area contributed by atoms with Gasteiger partial charge in [0.1, 0.15) is 15.6 Å². The monoisotopic (exact) mass is 882 g/mol. The molecule has 0 saturated carbocycles. The van der Waals surface area contributed by atoms with Crippen LogP contribution in [-0.2, 0) is 23.9 Å². The van der Waals surface area contributed by atoms with Gasteiger partial charge >= 0.3 is 26.2 Å². The van der Waals surface area contributed by atoms with E-state index in [2.05, 4.69) is 10.6 Å². The molecule has 63 heavy (non-hydrogen) atoms. The third kappa shape index (κ3) is 6.47. The van der Waals surface area contributed by atoms with Gasteiger partial charge in [-0.3, -0.25) is 19.2 Å². The van der Waals surface area contributed by atoms with E-state index < -0.39 is 104 Å². The van der Waals surface area contributed by atoms with Gasteiger partial charge in [0.15, 0.2) is 23.1 Å². The zero-order chi connectivity index (χ0) is 44.7. The van der Waals surface area contributed by atoms with Crippen LogP contribution in [0.25, 0.3) is 10.8 Å². The van der Waals surface area contributed by atoms with Gasteiger partial charge in [0.2, 0.25) is 0 Å². The number of halogens is 1. The van der Waals surface area contributed by atoms with Crippen LogP contribution >= 0.6 is 0 Å². The number of aromatic carboxylic acids is 1. The molecule has 0 atom stereocenters. The number of nitrogens with two attached hydrogens (primary N) is 2. The fraction of sp³-hybridized carbons (Fsp3) is 0. The Hall–Kier alpha value is -8.06. The number of hydrogen-bond donors (Lipinski definition) is 5. The van der Waals surface area contributed by atoms with Crippen LogP contribution in [0.1, 0.15) is 74.0 Å². The van der Waals surface area contributed by atoms with Crippen LogP contribution in [0.2, 0.25) is 0 Å². The maximum atomic E-state index is 14.4. The maximum absolute atomic E-state index is 14.4. The third-order valence-electron chi connectivity index (χ3n) is 10.7. The number of fused-ring (bicyclic) bond motifs is 5. The van der Waals surface area contributed by atoms with E-state index in [1.165, 1.54) is 48.5 Å². The van der Waals surface area contributed by atoms with Crippen LogP contribution in [0.15, 0.2) is 131 Å². The van der Waals surface area contributed by atoms with Gasteiger partial charge in [0.05, 0.1) is 56.3 Å². The number of hydrogen-bond acceptors (Lipinski definition) is 14. The zero-order valence-corrected chi connectivity index (χ0v) is 33.6. The average Bonchev–Trinajstić information content (AvgIpc) is 3.25. The number of nitrogen functional groups attached to an aromatic ring is 2. The smallest absolute Gasteiger partial charge is 0.337 e. The van der Waals surface area contributed by atoms with Crippen molar-refractivity contribution in [3.05, 3.63) is 177 Å². The van der Waals surface area contributed by atoms with E-state index in [1.807, 2.05) is 0 Å². The lowest BCUT2D eigenvalue weighted by molar-refractivity contribution is 0.0696. The van der Waals surface area contributed by atoms with Crippen LogP contribution in [0.3, 0.4) is 0 Å². The number of carbonyl (C=O) groups excluding carboxylic acids is 4. The Kier molecular flexibility index (Phi) is 9.32. The van der Waals surface area contributed by atoms with Crippen molar-refractivity contribution in [2.45, 2.75) is 9.79 Å². The molecule has 0 spiro atoms. The van der Waals surface area contributed by atoms with Crippen molar-refractivity contribution in [3.63, 3.8) is 0 Å². The Labute approximate surface area is 356 Å². The Morgan fingerprint density at radius 1 is 0.524 bits per heavy atom. The lowest BCUT2D eigenvalue weighted by Crippen LogP contribution is -2.27. The highest BCUT2D eigenvalue weighted by atomic mass is 32.3. The molecule has 18 heteroatoms. The molecule has 9 rings (SSSR count). The lowest BCUT2D eigenvalue weighted by atomic mass is 9.82. The summed E-state index contributed by atoms with van der Waals surface area (Å²) in [5, 5.41) is 16.8. The minimum Gasteiger partial charge on any atom is -0.478 e. The van der Waals surface area contributed by atoms with E-state index in [4.69, 9.17) is 15.1 Å². The summed E-state index contributed by atoms with van der Waals surface area (Å²) in [6.45, 7) is 0.